The zero-order valence-electron chi connectivity index (χ0n) is 16.9. The van der Waals surface area contributed by atoms with E-state index in [9.17, 15) is 9.59 Å². The average molecular weight is 442 g/mol. The number of amides is 2. The smallest absolute Gasteiger partial charge is 0.265 e. The number of thioether (sulfide) groups is 1. The molecular weight excluding hydrogens is 418 g/mol. The number of nitrogens with zero attached hydrogens (tertiary/aromatic N) is 3. The lowest BCUT2D eigenvalue weighted by Crippen LogP contribution is -2.30. The zero-order chi connectivity index (χ0) is 21.1. The topological polar surface area (TPSA) is 87.2 Å². The minimum Gasteiger partial charge on any atom is -0.356 e. The lowest BCUT2D eigenvalue weighted by Gasteiger charge is -2.28. The second kappa shape index (κ2) is 9.01. The Balaban J connectivity index is 1.59. The van der Waals surface area contributed by atoms with Gasteiger partial charge in [-0.05, 0) is 55.9 Å². The van der Waals surface area contributed by atoms with Crippen LogP contribution in [0.5, 0.6) is 0 Å². The Morgan fingerprint density at radius 3 is 2.33 bits per heavy atom. The summed E-state index contributed by atoms with van der Waals surface area (Å²) >= 11 is 2.90. The number of nitrogens with one attached hydrogen (secondary N) is 2. The molecule has 2 N–H and O–H groups in total. The summed E-state index contributed by atoms with van der Waals surface area (Å²) in [5.41, 5.74) is 1.35. The predicted octanol–water partition coefficient (Wildman–Crippen LogP) is 4.61. The van der Waals surface area contributed by atoms with Gasteiger partial charge in [0, 0.05) is 31.4 Å². The quantitative estimate of drug-likeness (QED) is 0.444. The van der Waals surface area contributed by atoms with E-state index in [1.807, 2.05) is 12.3 Å². The van der Waals surface area contributed by atoms with Crippen molar-refractivity contribution in [1.29, 1.82) is 0 Å². The molecule has 3 aromatic rings. The lowest BCUT2D eigenvalue weighted by atomic mass is 10.1. The fourth-order valence-corrected chi connectivity index (χ4v) is 4.81. The zero-order valence-corrected chi connectivity index (χ0v) is 18.5. The molecule has 0 atom stereocenters. The number of piperidine rings is 1. The molecule has 0 aliphatic carbocycles. The predicted molar refractivity (Wildman–Crippen MR) is 124 cm³/mol. The monoisotopic (exact) mass is 441 g/mol. The minimum absolute atomic E-state index is 0.132. The molecular formula is C21H23N5O2S2. The van der Waals surface area contributed by atoms with E-state index < -0.39 is 0 Å². The van der Waals surface area contributed by atoms with Gasteiger partial charge in [0.15, 0.2) is 5.16 Å². The van der Waals surface area contributed by atoms with Crippen molar-refractivity contribution in [3.05, 3.63) is 35.2 Å². The number of thiophene rings is 1. The summed E-state index contributed by atoms with van der Waals surface area (Å²) in [5, 5.41) is 7.29. The molecule has 7 nitrogen and oxygen atoms in total. The Bertz CT molecular complexity index is 1070. The van der Waals surface area contributed by atoms with Gasteiger partial charge in [0.1, 0.15) is 10.6 Å². The first kappa shape index (κ1) is 20.6. The first-order chi connectivity index (χ1) is 14.5. The first-order valence-electron chi connectivity index (χ1n) is 9.83. The molecule has 1 aromatic carbocycles. The number of carbonyl (C=O) groups is 2. The van der Waals surface area contributed by atoms with Crippen molar-refractivity contribution in [3.63, 3.8) is 0 Å². The van der Waals surface area contributed by atoms with Crippen LogP contribution >= 0.6 is 23.1 Å². The van der Waals surface area contributed by atoms with Crippen LogP contribution in [0, 0.1) is 0 Å². The van der Waals surface area contributed by atoms with Crippen molar-refractivity contribution in [2.24, 2.45) is 0 Å². The number of hydrogen-bond acceptors (Lipinski definition) is 7. The molecule has 156 valence electrons. The van der Waals surface area contributed by atoms with Crippen molar-refractivity contribution >= 4 is 62.3 Å². The maximum atomic E-state index is 12.9. The van der Waals surface area contributed by atoms with Gasteiger partial charge in [-0.3, -0.25) is 9.59 Å². The van der Waals surface area contributed by atoms with Crippen molar-refractivity contribution < 1.29 is 9.59 Å². The Morgan fingerprint density at radius 2 is 1.70 bits per heavy atom. The summed E-state index contributed by atoms with van der Waals surface area (Å²) < 4.78 is 0. The van der Waals surface area contributed by atoms with E-state index in [1.54, 1.807) is 24.3 Å². The molecule has 4 rings (SSSR count). The first-order valence-corrected chi connectivity index (χ1v) is 11.9. The van der Waals surface area contributed by atoms with Gasteiger partial charge in [-0.25, -0.2) is 9.97 Å². The summed E-state index contributed by atoms with van der Waals surface area (Å²) in [4.78, 5) is 37.1. The number of benzene rings is 1. The Labute approximate surface area is 183 Å². The van der Waals surface area contributed by atoms with E-state index in [-0.39, 0.29) is 11.8 Å². The van der Waals surface area contributed by atoms with Crippen LogP contribution in [0.4, 0.5) is 17.2 Å². The SMILES string of the molecule is CSc1nc(N2CCCCC2)c2cc(C(=O)Nc3ccc(NC(C)=O)cc3)sc2n1. The van der Waals surface area contributed by atoms with E-state index in [4.69, 9.17) is 4.98 Å². The third kappa shape index (κ3) is 4.57. The van der Waals surface area contributed by atoms with Crippen LogP contribution in [0.3, 0.4) is 0 Å². The van der Waals surface area contributed by atoms with E-state index in [0.29, 0.717) is 16.3 Å². The van der Waals surface area contributed by atoms with Crippen LogP contribution in [-0.4, -0.2) is 41.1 Å². The van der Waals surface area contributed by atoms with Gasteiger partial charge >= 0.3 is 0 Å². The van der Waals surface area contributed by atoms with Crippen LogP contribution < -0.4 is 15.5 Å². The van der Waals surface area contributed by atoms with Crippen LogP contribution in [0.25, 0.3) is 10.2 Å². The maximum Gasteiger partial charge on any atom is 0.265 e. The molecule has 0 bridgehead atoms. The van der Waals surface area contributed by atoms with Gasteiger partial charge in [0.25, 0.3) is 5.91 Å². The van der Waals surface area contributed by atoms with Crippen molar-refractivity contribution in [2.75, 3.05) is 34.9 Å². The summed E-state index contributed by atoms with van der Waals surface area (Å²) in [6.45, 7) is 3.43. The second-order valence-corrected chi connectivity index (χ2v) is 8.93. The molecule has 0 spiro atoms. The average Bonchev–Trinajstić information content (AvgIpc) is 3.19. The van der Waals surface area contributed by atoms with Crippen LogP contribution in [0.15, 0.2) is 35.5 Å². The highest BCUT2D eigenvalue weighted by atomic mass is 32.2. The molecule has 3 heterocycles. The third-order valence-electron chi connectivity index (χ3n) is 4.88. The fraction of sp³-hybridized carbons (Fsp3) is 0.333. The van der Waals surface area contributed by atoms with Gasteiger partial charge in [-0.1, -0.05) is 11.8 Å². The number of carbonyl (C=O) groups excluding carboxylic acids is 2. The van der Waals surface area contributed by atoms with E-state index in [2.05, 4.69) is 20.5 Å². The summed E-state index contributed by atoms with van der Waals surface area (Å²) in [6.07, 6.45) is 5.53. The molecule has 2 aromatic heterocycles. The molecule has 30 heavy (non-hydrogen) atoms. The van der Waals surface area contributed by atoms with Gasteiger partial charge in [-0.2, -0.15) is 0 Å². The summed E-state index contributed by atoms with van der Waals surface area (Å²) in [7, 11) is 0. The Kier molecular flexibility index (Phi) is 6.19. The molecule has 9 heteroatoms. The number of fused-ring (bicyclic) bond motifs is 1. The fourth-order valence-electron chi connectivity index (χ4n) is 3.47. The highest BCUT2D eigenvalue weighted by Gasteiger charge is 2.21. The second-order valence-electron chi connectivity index (χ2n) is 7.12. The van der Waals surface area contributed by atoms with Crippen LogP contribution in [0.2, 0.25) is 0 Å². The van der Waals surface area contributed by atoms with Gasteiger partial charge in [-0.15, -0.1) is 11.3 Å². The van der Waals surface area contributed by atoms with Crippen LogP contribution in [-0.2, 0) is 4.79 Å². The Hall–Kier alpha value is -2.65. The summed E-state index contributed by atoms with van der Waals surface area (Å²) in [6, 6.07) is 8.94. The molecule has 1 saturated heterocycles. The molecule has 0 saturated carbocycles. The molecule has 2 amide bonds. The normalized spacial score (nSPS) is 14.0. The highest BCUT2D eigenvalue weighted by molar-refractivity contribution is 7.98. The number of anilines is 3. The minimum atomic E-state index is -0.180. The van der Waals surface area contributed by atoms with Crippen molar-refractivity contribution in [1.82, 2.24) is 9.97 Å². The largest absolute Gasteiger partial charge is 0.356 e. The molecule has 1 aliphatic heterocycles. The maximum absolute atomic E-state index is 12.9. The van der Waals surface area contributed by atoms with E-state index >= 15 is 0 Å². The number of rotatable bonds is 5. The molecule has 1 fully saturated rings. The molecule has 1 aliphatic rings. The number of hydrogen-bond donors (Lipinski definition) is 2. The standard InChI is InChI=1S/C21H23N5O2S2/c1-13(27)22-14-6-8-15(9-7-14)23-19(28)17-12-16-18(26-10-4-3-5-11-26)24-21(29-2)25-20(16)30-17/h6-9,12H,3-5,10-11H2,1-2H3,(H,22,27)(H,23,28). The van der Waals surface area contributed by atoms with E-state index in [1.165, 1.54) is 36.4 Å². The highest BCUT2D eigenvalue weighted by Crippen LogP contribution is 2.34. The summed E-state index contributed by atoms with van der Waals surface area (Å²) in [5.74, 6) is 0.617. The van der Waals surface area contributed by atoms with E-state index in [0.717, 1.165) is 47.1 Å². The lowest BCUT2D eigenvalue weighted by molar-refractivity contribution is -0.114. The van der Waals surface area contributed by atoms with Crippen LogP contribution in [0.1, 0.15) is 35.9 Å². The number of aromatic nitrogens is 2. The van der Waals surface area contributed by atoms with Gasteiger partial charge < -0.3 is 15.5 Å². The molecule has 0 radical (unpaired) electrons. The van der Waals surface area contributed by atoms with Gasteiger partial charge in [0.05, 0.1) is 10.3 Å². The van der Waals surface area contributed by atoms with Crippen molar-refractivity contribution in [3.8, 4) is 0 Å². The van der Waals surface area contributed by atoms with Gasteiger partial charge in [0.2, 0.25) is 5.91 Å². The molecule has 0 unspecified atom stereocenters. The van der Waals surface area contributed by atoms with Crippen molar-refractivity contribution in [2.45, 2.75) is 31.3 Å². The Morgan fingerprint density at radius 1 is 1.03 bits per heavy atom. The third-order valence-corrected chi connectivity index (χ3v) is 6.45.